The summed E-state index contributed by atoms with van der Waals surface area (Å²) in [5.41, 5.74) is 11.7. The molecule has 2 N–H and O–H groups in total. The summed E-state index contributed by atoms with van der Waals surface area (Å²) in [7, 11) is 0. The second kappa shape index (κ2) is 8.03. The lowest BCUT2D eigenvalue weighted by Crippen LogP contribution is -2.06. The van der Waals surface area contributed by atoms with E-state index >= 15 is 0 Å². The maximum absolute atomic E-state index is 6.17. The number of halogens is 1. The van der Waals surface area contributed by atoms with Crippen LogP contribution in [0.5, 0.6) is 0 Å². The van der Waals surface area contributed by atoms with E-state index in [0.29, 0.717) is 0 Å². The lowest BCUT2D eigenvalue weighted by Gasteiger charge is -2.11. The Kier molecular flexibility index (Phi) is 5.77. The molecular formula is C21H26ClN3. The Balaban J connectivity index is 1.97. The summed E-state index contributed by atoms with van der Waals surface area (Å²) in [6.45, 7) is 5.86. The second-order valence-corrected chi connectivity index (χ2v) is 7.21. The van der Waals surface area contributed by atoms with Crippen molar-refractivity contribution in [2.24, 2.45) is 5.73 Å². The van der Waals surface area contributed by atoms with Crippen molar-refractivity contribution in [1.82, 2.24) is 9.55 Å². The zero-order chi connectivity index (χ0) is 17.8. The Labute approximate surface area is 154 Å². The Bertz CT molecular complexity index is 867. The van der Waals surface area contributed by atoms with Crippen molar-refractivity contribution in [2.75, 3.05) is 6.54 Å². The summed E-state index contributed by atoms with van der Waals surface area (Å²) in [5, 5.41) is 0.776. The van der Waals surface area contributed by atoms with Crippen molar-refractivity contribution >= 4 is 22.6 Å². The van der Waals surface area contributed by atoms with E-state index in [9.17, 15) is 0 Å². The molecule has 4 heteroatoms. The Morgan fingerprint density at radius 1 is 1.04 bits per heavy atom. The van der Waals surface area contributed by atoms with Gasteiger partial charge in [-0.1, -0.05) is 30.2 Å². The maximum Gasteiger partial charge on any atom is 0.110 e. The third-order valence-electron chi connectivity index (χ3n) is 4.78. The molecule has 3 nitrogen and oxygen atoms in total. The normalized spacial score (nSPS) is 11.4. The third-order valence-corrected chi connectivity index (χ3v) is 5.01. The molecule has 0 unspecified atom stereocenters. The van der Waals surface area contributed by atoms with E-state index in [1.807, 2.05) is 18.2 Å². The van der Waals surface area contributed by atoms with Gasteiger partial charge in [-0.05, 0) is 74.2 Å². The van der Waals surface area contributed by atoms with Crippen LogP contribution in [0.4, 0.5) is 0 Å². The molecule has 25 heavy (non-hydrogen) atoms. The molecule has 0 bridgehead atoms. The summed E-state index contributed by atoms with van der Waals surface area (Å²) < 4.78 is 2.34. The predicted octanol–water partition coefficient (Wildman–Crippen LogP) is 5.03. The minimum Gasteiger partial charge on any atom is -0.330 e. The SMILES string of the molecule is Cc1cc2nc(CCCCCN)n(Cc3cccc(Cl)c3)c2cc1C. The first-order chi connectivity index (χ1) is 12.1. The maximum atomic E-state index is 6.17. The zero-order valence-electron chi connectivity index (χ0n) is 15.1. The van der Waals surface area contributed by atoms with Crippen LogP contribution in [0, 0.1) is 13.8 Å². The van der Waals surface area contributed by atoms with Crippen LogP contribution < -0.4 is 5.73 Å². The van der Waals surface area contributed by atoms with E-state index in [4.69, 9.17) is 22.3 Å². The smallest absolute Gasteiger partial charge is 0.110 e. The van der Waals surface area contributed by atoms with Gasteiger partial charge in [0.25, 0.3) is 0 Å². The molecule has 0 aliphatic carbocycles. The molecule has 0 aliphatic rings. The fourth-order valence-corrected chi connectivity index (χ4v) is 3.43. The molecule has 2 aromatic carbocycles. The van der Waals surface area contributed by atoms with Gasteiger partial charge in [0.2, 0.25) is 0 Å². The summed E-state index contributed by atoms with van der Waals surface area (Å²) in [6, 6.07) is 12.5. The Hall–Kier alpha value is -1.84. The zero-order valence-corrected chi connectivity index (χ0v) is 15.8. The molecule has 1 heterocycles. The number of aromatic nitrogens is 2. The van der Waals surface area contributed by atoms with Gasteiger partial charge in [-0.15, -0.1) is 0 Å². The van der Waals surface area contributed by atoms with Gasteiger partial charge in [-0.25, -0.2) is 4.98 Å². The number of fused-ring (bicyclic) bond motifs is 1. The van der Waals surface area contributed by atoms with E-state index in [-0.39, 0.29) is 0 Å². The average Bonchev–Trinajstić information content (AvgIpc) is 2.89. The highest BCUT2D eigenvalue weighted by Gasteiger charge is 2.12. The number of nitrogens with two attached hydrogens (primary N) is 1. The topological polar surface area (TPSA) is 43.8 Å². The van der Waals surface area contributed by atoms with Crippen molar-refractivity contribution in [3.8, 4) is 0 Å². The molecule has 0 saturated heterocycles. The summed E-state index contributed by atoms with van der Waals surface area (Å²) in [4.78, 5) is 4.93. The third kappa shape index (κ3) is 4.23. The number of rotatable bonds is 7. The second-order valence-electron chi connectivity index (χ2n) is 6.77. The highest BCUT2D eigenvalue weighted by atomic mass is 35.5. The van der Waals surface area contributed by atoms with Gasteiger partial charge >= 0.3 is 0 Å². The van der Waals surface area contributed by atoms with Crippen molar-refractivity contribution in [1.29, 1.82) is 0 Å². The summed E-state index contributed by atoms with van der Waals surface area (Å²) in [5.74, 6) is 1.15. The number of imidazole rings is 1. The minimum atomic E-state index is 0.761. The molecule has 1 aromatic heterocycles. The molecule has 0 fully saturated rings. The molecule has 0 radical (unpaired) electrons. The van der Waals surface area contributed by atoms with Crippen LogP contribution >= 0.6 is 11.6 Å². The average molecular weight is 356 g/mol. The molecule has 0 spiro atoms. The highest BCUT2D eigenvalue weighted by molar-refractivity contribution is 6.30. The van der Waals surface area contributed by atoms with Gasteiger partial charge in [0.1, 0.15) is 5.82 Å². The van der Waals surface area contributed by atoms with Crippen molar-refractivity contribution in [3.63, 3.8) is 0 Å². The largest absolute Gasteiger partial charge is 0.330 e. The number of aryl methyl sites for hydroxylation is 3. The van der Waals surface area contributed by atoms with Gasteiger partial charge < -0.3 is 10.3 Å². The lowest BCUT2D eigenvalue weighted by atomic mass is 10.1. The van der Waals surface area contributed by atoms with Crippen LogP contribution in [-0.4, -0.2) is 16.1 Å². The van der Waals surface area contributed by atoms with Crippen LogP contribution in [0.15, 0.2) is 36.4 Å². The summed E-state index contributed by atoms with van der Waals surface area (Å²) in [6.07, 6.45) is 4.32. The van der Waals surface area contributed by atoms with Crippen molar-refractivity contribution in [2.45, 2.75) is 46.1 Å². The molecule has 3 aromatic rings. The molecule has 0 amide bonds. The first-order valence-corrected chi connectivity index (χ1v) is 9.37. The van der Waals surface area contributed by atoms with Crippen molar-refractivity contribution < 1.29 is 0 Å². The van der Waals surface area contributed by atoms with Crippen LogP contribution in [0.3, 0.4) is 0 Å². The summed E-state index contributed by atoms with van der Waals surface area (Å²) >= 11 is 6.17. The highest BCUT2D eigenvalue weighted by Crippen LogP contribution is 2.24. The molecule has 132 valence electrons. The number of hydrogen-bond donors (Lipinski definition) is 1. The molecule has 0 aliphatic heterocycles. The molecule has 3 rings (SSSR count). The molecular weight excluding hydrogens is 330 g/mol. The van der Waals surface area contributed by atoms with Crippen LogP contribution in [0.25, 0.3) is 11.0 Å². The quantitative estimate of drug-likeness (QED) is 0.604. The van der Waals surface area contributed by atoms with Gasteiger partial charge in [0, 0.05) is 18.0 Å². The monoisotopic (exact) mass is 355 g/mol. The first kappa shape index (κ1) is 18.0. The van der Waals surface area contributed by atoms with Gasteiger partial charge in [-0.2, -0.15) is 0 Å². The molecule has 0 saturated carbocycles. The number of nitrogens with zero attached hydrogens (tertiary/aromatic N) is 2. The lowest BCUT2D eigenvalue weighted by molar-refractivity contribution is 0.644. The Morgan fingerprint density at radius 2 is 1.84 bits per heavy atom. The van der Waals surface area contributed by atoms with E-state index in [1.54, 1.807) is 0 Å². The van der Waals surface area contributed by atoms with E-state index < -0.39 is 0 Å². The van der Waals surface area contributed by atoms with Crippen LogP contribution in [0.1, 0.15) is 41.8 Å². The predicted molar refractivity (Wildman–Crippen MR) is 106 cm³/mol. The standard InChI is InChI=1S/C21H26ClN3/c1-15-11-19-20(12-16(15)2)25(14-17-7-6-8-18(22)13-17)21(24-19)9-4-3-5-10-23/h6-8,11-13H,3-5,9-10,14,23H2,1-2H3. The number of benzene rings is 2. The van der Waals surface area contributed by atoms with E-state index in [1.165, 1.54) is 22.2 Å². The molecule has 0 atom stereocenters. The first-order valence-electron chi connectivity index (χ1n) is 8.99. The van der Waals surface area contributed by atoms with Crippen LogP contribution in [0.2, 0.25) is 5.02 Å². The fourth-order valence-electron chi connectivity index (χ4n) is 3.22. The van der Waals surface area contributed by atoms with E-state index in [0.717, 1.165) is 55.1 Å². The number of unbranched alkanes of at least 4 members (excludes halogenated alkanes) is 2. The fraction of sp³-hybridized carbons (Fsp3) is 0.381. The van der Waals surface area contributed by atoms with Gasteiger partial charge in [0.15, 0.2) is 0 Å². The van der Waals surface area contributed by atoms with Gasteiger partial charge in [0.05, 0.1) is 11.0 Å². The Morgan fingerprint density at radius 3 is 2.60 bits per heavy atom. The van der Waals surface area contributed by atoms with Gasteiger partial charge in [-0.3, -0.25) is 0 Å². The van der Waals surface area contributed by atoms with Crippen LogP contribution in [-0.2, 0) is 13.0 Å². The minimum absolute atomic E-state index is 0.761. The number of hydrogen-bond acceptors (Lipinski definition) is 2. The van der Waals surface area contributed by atoms with Crippen molar-refractivity contribution in [3.05, 3.63) is 63.9 Å². The van der Waals surface area contributed by atoms with E-state index in [2.05, 4.69) is 36.6 Å².